The van der Waals surface area contributed by atoms with Gasteiger partial charge in [0.1, 0.15) is 6.04 Å². The first-order valence-electron chi connectivity index (χ1n) is 3.22. The molecule has 60 valence electrons. The van der Waals surface area contributed by atoms with Gasteiger partial charge in [-0.1, -0.05) is 0 Å². The van der Waals surface area contributed by atoms with Gasteiger partial charge in [-0.2, -0.15) is 5.26 Å². The van der Waals surface area contributed by atoms with E-state index >= 15 is 0 Å². The van der Waals surface area contributed by atoms with Crippen LogP contribution in [0.4, 0.5) is 4.79 Å². The number of likely N-dealkylation sites (tertiary alicyclic amines) is 1. The molecule has 0 aromatic heterocycles. The molecule has 1 saturated heterocycles. The smallest absolute Gasteiger partial charge is 0.408 e. The number of hydrogen-bond acceptors (Lipinski definition) is 3. The number of β-amino-alcohol motifs (C(OH)–C–C–N with tert-alkyl or cyclic N) is 1. The van der Waals surface area contributed by atoms with Gasteiger partial charge in [0.25, 0.3) is 0 Å². The molecule has 1 amide bonds. The molecule has 0 bridgehead atoms. The Morgan fingerprint density at radius 1 is 1.73 bits per heavy atom. The number of aliphatic hydroxyl groups excluding tert-OH is 1. The Labute approximate surface area is 63.5 Å². The molecule has 1 aliphatic rings. The summed E-state index contributed by atoms with van der Waals surface area (Å²) in [6.45, 7) is 0.0492. The summed E-state index contributed by atoms with van der Waals surface area (Å²) in [6, 6.07) is 1.13. The van der Waals surface area contributed by atoms with Crippen LogP contribution in [0.15, 0.2) is 0 Å². The lowest BCUT2D eigenvalue weighted by Crippen LogP contribution is -2.33. The topological polar surface area (TPSA) is 84.6 Å². The molecule has 1 heterocycles. The van der Waals surface area contributed by atoms with E-state index in [2.05, 4.69) is 0 Å². The minimum Gasteiger partial charge on any atom is -0.465 e. The van der Waals surface area contributed by atoms with Crippen LogP contribution in [0.2, 0.25) is 0 Å². The van der Waals surface area contributed by atoms with E-state index < -0.39 is 18.2 Å². The molecule has 2 atom stereocenters. The van der Waals surface area contributed by atoms with Crippen molar-refractivity contribution in [3.8, 4) is 6.07 Å². The molecular formula is C6H8N2O3. The second kappa shape index (κ2) is 2.76. The largest absolute Gasteiger partial charge is 0.465 e. The Kier molecular flexibility index (Phi) is 1.96. The van der Waals surface area contributed by atoms with Crippen molar-refractivity contribution in [2.24, 2.45) is 0 Å². The maximum Gasteiger partial charge on any atom is 0.408 e. The van der Waals surface area contributed by atoms with Crippen LogP contribution in [0.25, 0.3) is 0 Å². The highest BCUT2D eigenvalue weighted by Crippen LogP contribution is 2.16. The molecule has 0 aromatic rings. The zero-order valence-corrected chi connectivity index (χ0v) is 5.77. The summed E-state index contributed by atoms with van der Waals surface area (Å²) in [4.78, 5) is 11.3. The molecular weight excluding hydrogens is 148 g/mol. The fourth-order valence-corrected chi connectivity index (χ4v) is 1.15. The van der Waals surface area contributed by atoms with Gasteiger partial charge in [-0.05, 0) is 0 Å². The van der Waals surface area contributed by atoms with Crippen LogP contribution in [0.3, 0.4) is 0 Å². The highest BCUT2D eigenvalue weighted by atomic mass is 16.4. The Morgan fingerprint density at radius 3 is 2.73 bits per heavy atom. The van der Waals surface area contributed by atoms with Crippen LogP contribution in [0, 0.1) is 11.3 Å². The third-order valence-electron chi connectivity index (χ3n) is 1.67. The number of hydrogen-bond donors (Lipinski definition) is 2. The highest BCUT2D eigenvalue weighted by molar-refractivity contribution is 5.66. The molecule has 1 rings (SSSR count). The van der Waals surface area contributed by atoms with Crippen molar-refractivity contribution in [2.75, 3.05) is 6.54 Å². The van der Waals surface area contributed by atoms with Crippen LogP contribution in [0.1, 0.15) is 6.42 Å². The van der Waals surface area contributed by atoms with Crippen molar-refractivity contribution in [3.05, 3.63) is 0 Å². The molecule has 2 N–H and O–H groups in total. The van der Waals surface area contributed by atoms with Crippen LogP contribution in [-0.2, 0) is 0 Å². The molecule has 5 nitrogen and oxygen atoms in total. The average molecular weight is 156 g/mol. The van der Waals surface area contributed by atoms with Gasteiger partial charge in [-0.3, -0.25) is 4.90 Å². The zero-order valence-electron chi connectivity index (χ0n) is 5.77. The van der Waals surface area contributed by atoms with Crippen LogP contribution in [0.5, 0.6) is 0 Å². The summed E-state index contributed by atoms with van der Waals surface area (Å²) < 4.78 is 0. The number of nitrogens with zero attached hydrogens (tertiary/aromatic N) is 2. The van der Waals surface area contributed by atoms with Gasteiger partial charge >= 0.3 is 6.09 Å². The van der Waals surface area contributed by atoms with Crippen molar-refractivity contribution >= 4 is 6.09 Å². The number of carbonyl (C=O) groups is 1. The Balaban J connectivity index is 2.67. The molecule has 1 fully saturated rings. The maximum absolute atomic E-state index is 10.4. The molecule has 0 spiro atoms. The Bertz CT molecular complexity index is 210. The summed E-state index contributed by atoms with van der Waals surface area (Å²) in [5.74, 6) is 0. The van der Waals surface area contributed by atoms with E-state index in [0.717, 1.165) is 4.90 Å². The summed E-state index contributed by atoms with van der Waals surface area (Å²) in [5.41, 5.74) is 0. The van der Waals surface area contributed by atoms with Crippen LogP contribution in [-0.4, -0.2) is 39.9 Å². The van der Waals surface area contributed by atoms with E-state index in [9.17, 15) is 4.79 Å². The minimum absolute atomic E-state index is 0.0492. The van der Waals surface area contributed by atoms with E-state index in [1.807, 2.05) is 6.07 Å². The van der Waals surface area contributed by atoms with Gasteiger partial charge in [-0.25, -0.2) is 4.79 Å². The van der Waals surface area contributed by atoms with Crippen molar-refractivity contribution in [1.29, 1.82) is 5.26 Å². The van der Waals surface area contributed by atoms with Crippen molar-refractivity contribution < 1.29 is 15.0 Å². The number of rotatable bonds is 0. The highest BCUT2D eigenvalue weighted by Gasteiger charge is 2.33. The molecule has 2 unspecified atom stereocenters. The summed E-state index contributed by atoms with van der Waals surface area (Å²) in [6.07, 6.45) is -1.60. The molecule has 0 aliphatic carbocycles. The molecule has 0 aromatic carbocycles. The first-order valence-corrected chi connectivity index (χ1v) is 3.22. The van der Waals surface area contributed by atoms with Crippen LogP contribution >= 0.6 is 0 Å². The lowest BCUT2D eigenvalue weighted by Gasteiger charge is -2.13. The predicted octanol–water partition coefficient (Wildman–Crippen LogP) is -0.377. The summed E-state index contributed by atoms with van der Waals surface area (Å²) >= 11 is 0. The molecule has 0 radical (unpaired) electrons. The maximum atomic E-state index is 10.4. The predicted molar refractivity (Wildman–Crippen MR) is 34.8 cm³/mol. The number of nitriles is 1. The van der Waals surface area contributed by atoms with E-state index in [4.69, 9.17) is 15.5 Å². The normalized spacial score (nSPS) is 30.0. The Morgan fingerprint density at radius 2 is 2.36 bits per heavy atom. The third kappa shape index (κ3) is 1.41. The standard InChI is InChI=1S/C6H8N2O3/c7-2-4-1-5(9)3-8(4)6(10)11/h4-5,9H,1,3H2,(H,10,11). The monoisotopic (exact) mass is 156 g/mol. The van der Waals surface area contributed by atoms with Gasteiger partial charge < -0.3 is 10.2 Å². The van der Waals surface area contributed by atoms with Crippen molar-refractivity contribution in [1.82, 2.24) is 4.90 Å². The first-order chi connectivity index (χ1) is 5.15. The van der Waals surface area contributed by atoms with Gasteiger partial charge in [0.15, 0.2) is 0 Å². The number of carboxylic acid groups (broad SMARTS) is 1. The van der Waals surface area contributed by atoms with E-state index in [0.29, 0.717) is 0 Å². The van der Waals surface area contributed by atoms with E-state index in [-0.39, 0.29) is 13.0 Å². The van der Waals surface area contributed by atoms with E-state index in [1.165, 1.54) is 0 Å². The van der Waals surface area contributed by atoms with Crippen molar-refractivity contribution in [2.45, 2.75) is 18.6 Å². The van der Waals surface area contributed by atoms with Gasteiger partial charge in [0.2, 0.25) is 0 Å². The first kappa shape index (κ1) is 7.82. The lowest BCUT2D eigenvalue weighted by molar-refractivity contribution is 0.136. The van der Waals surface area contributed by atoms with Gasteiger partial charge in [0, 0.05) is 6.42 Å². The SMILES string of the molecule is N#CC1CC(O)CN1C(=O)O. The quantitative estimate of drug-likeness (QED) is 0.500. The van der Waals surface area contributed by atoms with E-state index in [1.54, 1.807) is 0 Å². The van der Waals surface area contributed by atoms with Gasteiger partial charge in [-0.15, -0.1) is 0 Å². The average Bonchev–Trinajstić information content (AvgIpc) is 2.30. The number of amides is 1. The zero-order chi connectivity index (χ0) is 8.43. The summed E-state index contributed by atoms with van der Waals surface area (Å²) in [5, 5.41) is 25.9. The summed E-state index contributed by atoms with van der Waals surface area (Å²) in [7, 11) is 0. The van der Waals surface area contributed by atoms with Gasteiger partial charge in [0.05, 0.1) is 18.7 Å². The fraction of sp³-hybridized carbons (Fsp3) is 0.667. The second-order valence-corrected chi connectivity index (χ2v) is 2.47. The second-order valence-electron chi connectivity index (χ2n) is 2.47. The minimum atomic E-state index is -1.15. The fourth-order valence-electron chi connectivity index (χ4n) is 1.15. The van der Waals surface area contributed by atoms with Crippen LogP contribution < -0.4 is 0 Å². The van der Waals surface area contributed by atoms with Crippen molar-refractivity contribution in [3.63, 3.8) is 0 Å². The number of aliphatic hydroxyl groups is 1. The molecule has 5 heteroatoms. The lowest BCUT2D eigenvalue weighted by atomic mass is 10.2. The Hall–Kier alpha value is -1.28. The third-order valence-corrected chi connectivity index (χ3v) is 1.67. The molecule has 1 aliphatic heterocycles. The molecule has 0 saturated carbocycles. The molecule has 11 heavy (non-hydrogen) atoms.